The van der Waals surface area contributed by atoms with Crippen molar-refractivity contribution < 1.29 is 23.9 Å². The molecule has 136 valence electrons. The number of allylic oxidation sites excluding steroid dienone is 2. The molecule has 1 saturated heterocycles. The second kappa shape index (κ2) is 7.83. The van der Waals surface area contributed by atoms with Crippen molar-refractivity contribution in [1.29, 1.82) is 0 Å². The predicted molar refractivity (Wildman–Crippen MR) is 93.4 cm³/mol. The first kappa shape index (κ1) is 18.3. The Labute approximate surface area is 155 Å². The SMILES string of the molecule is O=C(CCN1C(=O)C2CC=CCC2C1=O)OCC(=O)c1cccc(Cl)c1. The molecule has 1 aromatic rings. The molecule has 0 aromatic heterocycles. The highest BCUT2D eigenvalue weighted by atomic mass is 35.5. The molecule has 26 heavy (non-hydrogen) atoms. The fraction of sp³-hybridized carbons (Fsp3) is 0.368. The Kier molecular flexibility index (Phi) is 5.52. The molecule has 0 bridgehead atoms. The molecule has 0 spiro atoms. The van der Waals surface area contributed by atoms with Gasteiger partial charge in [-0.05, 0) is 25.0 Å². The molecule has 2 atom stereocenters. The Morgan fingerprint density at radius 1 is 1.12 bits per heavy atom. The van der Waals surface area contributed by atoms with Crippen LogP contribution in [0.2, 0.25) is 5.02 Å². The fourth-order valence-corrected chi connectivity index (χ4v) is 3.45. The zero-order chi connectivity index (χ0) is 18.7. The molecule has 0 radical (unpaired) electrons. The van der Waals surface area contributed by atoms with Crippen molar-refractivity contribution in [1.82, 2.24) is 4.90 Å². The fourth-order valence-electron chi connectivity index (χ4n) is 3.26. The topological polar surface area (TPSA) is 80.8 Å². The molecule has 7 heteroatoms. The van der Waals surface area contributed by atoms with Crippen LogP contribution >= 0.6 is 11.6 Å². The highest BCUT2D eigenvalue weighted by molar-refractivity contribution is 6.31. The van der Waals surface area contributed by atoms with Crippen LogP contribution in [-0.2, 0) is 19.1 Å². The number of amides is 2. The number of halogens is 1. The molecular weight excluding hydrogens is 358 g/mol. The summed E-state index contributed by atoms with van der Waals surface area (Å²) in [6, 6.07) is 6.35. The molecule has 1 heterocycles. The lowest BCUT2D eigenvalue weighted by atomic mass is 9.85. The van der Waals surface area contributed by atoms with Gasteiger partial charge in [-0.25, -0.2) is 0 Å². The minimum absolute atomic E-state index is 0.0190. The monoisotopic (exact) mass is 375 g/mol. The van der Waals surface area contributed by atoms with E-state index in [4.69, 9.17) is 16.3 Å². The molecule has 0 saturated carbocycles. The third kappa shape index (κ3) is 3.85. The van der Waals surface area contributed by atoms with E-state index in [1.807, 2.05) is 12.2 Å². The molecule has 1 aliphatic carbocycles. The number of Topliss-reactive ketones (excluding diaryl/α,β-unsaturated/α-hetero) is 1. The number of benzene rings is 1. The number of ether oxygens (including phenoxy) is 1. The van der Waals surface area contributed by atoms with E-state index in [-0.39, 0.29) is 42.4 Å². The number of carbonyl (C=O) groups excluding carboxylic acids is 4. The summed E-state index contributed by atoms with van der Waals surface area (Å²) < 4.78 is 4.95. The van der Waals surface area contributed by atoms with Gasteiger partial charge in [-0.1, -0.05) is 35.9 Å². The van der Waals surface area contributed by atoms with Crippen LogP contribution in [0.1, 0.15) is 29.6 Å². The molecule has 1 aromatic carbocycles. The number of ketones is 1. The molecule has 0 N–H and O–H groups in total. The van der Waals surface area contributed by atoms with Crippen LogP contribution < -0.4 is 0 Å². The van der Waals surface area contributed by atoms with Gasteiger partial charge in [0.05, 0.1) is 18.3 Å². The highest BCUT2D eigenvalue weighted by Crippen LogP contribution is 2.34. The van der Waals surface area contributed by atoms with Crippen LogP contribution in [0.4, 0.5) is 0 Å². The van der Waals surface area contributed by atoms with Gasteiger partial charge in [0.15, 0.2) is 12.4 Å². The quantitative estimate of drug-likeness (QED) is 0.330. The normalized spacial score (nSPS) is 21.7. The van der Waals surface area contributed by atoms with E-state index < -0.39 is 12.6 Å². The van der Waals surface area contributed by atoms with E-state index in [0.29, 0.717) is 23.4 Å². The van der Waals surface area contributed by atoms with Crippen molar-refractivity contribution in [3.05, 3.63) is 47.0 Å². The summed E-state index contributed by atoms with van der Waals surface area (Å²) >= 11 is 5.82. The third-order valence-corrected chi connectivity index (χ3v) is 4.88. The van der Waals surface area contributed by atoms with E-state index in [1.165, 1.54) is 6.07 Å². The number of hydrogen-bond acceptors (Lipinski definition) is 5. The second-order valence-corrected chi connectivity index (χ2v) is 6.76. The van der Waals surface area contributed by atoms with Crippen molar-refractivity contribution in [3.63, 3.8) is 0 Å². The number of rotatable bonds is 6. The minimum Gasteiger partial charge on any atom is -0.457 e. The van der Waals surface area contributed by atoms with Crippen molar-refractivity contribution in [2.24, 2.45) is 11.8 Å². The summed E-state index contributed by atoms with van der Waals surface area (Å²) in [6.45, 7) is -0.426. The molecular formula is C19H18ClNO5. The van der Waals surface area contributed by atoms with E-state index in [0.717, 1.165) is 4.90 Å². The first-order valence-electron chi connectivity index (χ1n) is 8.42. The van der Waals surface area contributed by atoms with Gasteiger partial charge >= 0.3 is 5.97 Å². The summed E-state index contributed by atoms with van der Waals surface area (Å²) in [7, 11) is 0. The first-order valence-corrected chi connectivity index (χ1v) is 8.80. The Morgan fingerprint density at radius 2 is 1.77 bits per heavy atom. The van der Waals surface area contributed by atoms with Crippen molar-refractivity contribution in [2.75, 3.05) is 13.2 Å². The van der Waals surface area contributed by atoms with Gasteiger partial charge in [0, 0.05) is 17.1 Å². The van der Waals surface area contributed by atoms with E-state index in [9.17, 15) is 19.2 Å². The number of esters is 1. The van der Waals surface area contributed by atoms with Gasteiger partial charge in [0.2, 0.25) is 11.8 Å². The zero-order valence-corrected chi connectivity index (χ0v) is 14.8. The molecule has 1 fully saturated rings. The van der Waals surface area contributed by atoms with E-state index >= 15 is 0 Å². The Morgan fingerprint density at radius 3 is 2.38 bits per heavy atom. The number of likely N-dealkylation sites (tertiary alicyclic amines) is 1. The minimum atomic E-state index is -0.631. The van der Waals surface area contributed by atoms with Gasteiger partial charge < -0.3 is 4.74 Å². The van der Waals surface area contributed by atoms with Gasteiger partial charge in [-0.2, -0.15) is 0 Å². The van der Waals surface area contributed by atoms with Crippen molar-refractivity contribution in [2.45, 2.75) is 19.3 Å². The van der Waals surface area contributed by atoms with Crippen LogP contribution in [0, 0.1) is 11.8 Å². The van der Waals surface area contributed by atoms with Crippen LogP contribution in [0.5, 0.6) is 0 Å². The van der Waals surface area contributed by atoms with E-state index in [2.05, 4.69) is 0 Å². The van der Waals surface area contributed by atoms with Crippen LogP contribution in [0.15, 0.2) is 36.4 Å². The number of nitrogens with zero attached hydrogens (tertiary/aromatic N) is 1. The maximum absolute atomic E-state index is 12.3. The summed E-state index contributed by atoms with van der Waals surface area (Å²) in [5, 5.41) is 0.421. The second-order valence-electron chi connectivity index (χ2n) is 6.33. The average Bonchev–Trinajstić information content (AvgIpc) is 2.89. The summed E-state index contributed by atoms with van der Waals surface area (Å²) in [5.74, 6) is -2.08. The Hall–Kier alpha value is -2.47. The Balaban J connectivity index is 1.48. The van der Waals surface area contributed by atoms with Crippen LogP contribution in [0.25, 0.3) is 0 Å². The summed E-state index contributed by atoms with van der Waals surface area (Å²) in [4.78, 5) is 49.6. The number of fused-ring (bicyclic) bond motifs is 1. The third-order valence-electron chi connectivity index (χ3n) is 4.65. The van der Waals surface area contributed by atoms with Crippen molar-refractivity contribution >= 4 is 35.2 Å². The number of hydrogen-bond donors (Lipinski definition) is 0. The van der Waals surface area contributed by atoms with Gasteiger partial charge in [0.1, 0.15) is 0 Å². The van der Waals surface area contributed by atoms with Crippen molar-refractivity contribution in [3.8, 4) is 0 Å². The smallest absolute Gasteiger partial charge is 0.308 e. The largest absolute Gasteiger partial charge is 0.457 e. The lowest BCUT2D eigenvalue weighted by molar-refractivity contribution is -0.145. The first-order chi connectivity index (χ1) is 12.5. The van der Waals surface area contributed by atoms with Gasteiger partial charge in [0.25, 0.3) is 0 Å². The highest BCUT2D eigenvalue weighted by Gasteiger charge is 2.46. The molecule has 2 aliphatic rings. The molecule has 3 rings (SSSR count). The maximum atomic E-state index is 12.3. The summed E-state index contributed by atoms with van der Waals surface area (Å²) in [5.41, 5.74) is 0.353. The summed E-state index contributed by atoms with van der Waals surface area (Å²) in [6.07, 6.45) is 4.80. The molecule has 6 nitrogen and oxygen atoms in total. The number of carbonyl (C=O) groups is 4. The number of imide groups is 1. The Bertz CT molecular complexity index is 762. The van der Waals surface area contributed by atoms with Crippen LogP contribution in [-0.4, -0.2) is 41.6 Å². The van der Waals surface area contributed by atoms with E-state index in [1.54, 1.807) is 18.2 Å². The lowest BCUT2D eigenvalue weighted by Crippen LogP contribution is -2.33. The molecule has 2 amide bonds. The lowest BCUT2D eigenvalue weighted by Gasteiger charge is -2.14. The van der Waals surface area contributed by atoms with Crippen LogP contribution in [0.3, 0.4) is 0 Å². The zero-order valence-electron chi connectivity index (χ0n) is 14.0. The predicted octanol–water partition coefficient (Wildman–Crippen LogP) is 2.41. The van der Waals surface area contributed by atoms with Gasteiger partial charge in [-0.15, -0.1) is 0 Å². The molecule has 1 aliphatic heterocycles. The van der Waals surface area contributed by atoms with Gasteiger partial charge in [-0.3, -0.25) is 24.1 Å². The molecule has 2 unspecified atom stereocenters. The average molecular weight is 376 g/mol. The standard InChI is InChI=1S/C19H18ClNO5/c20-13-5-3-4-12(10-13)16(22)11-26-17(23)8-9-21-18(24)14-6-1-2-7-15(14)19(21)25/h1-5,10,14-15H,6-9,11H2. The maximum Gasteiger partial charge on any atom is 0.308 e.